The van der Waals surface area contributed by atoms with Gasteiger partial charge in [0.25, 0.3) is 5.56 Å². The zero-order valence-electron chi connectivity index (χ0n) is 21.7. The number of pyridine rings is 1. The van der Waals surface area contributed by atoms with Crippen molar-refractivity contribution in [2.45, 2.75) is 31.7 Å². The number of hydrogen-bond donors (Lipinski definition) is 4. The van der Waals surface area contributed by atoms with Crippen molar-refractivity contribution in [3.05, 3.63) is 52.6 Å². The Morgan fingerprint density at radius 1 is 1.03 bits per heavy atom. The van der Waals surface area contributed by atoms with Gasteiger partial charge in [0.05, 0.1) is 27.9 Å². The lowest BCUT2D eigenvalue weighted by atomic mass is 9.83. The van der Waals surface area contributed by atoms with Crippen LogP contribution in [0.2, 0.25) is 0 Å². The van der Waals surface area contributed by atoms with Crippen molar-refractivity contribution in [2.75, 3.05) is 42.9 Å². The van der Waals surface area contributed by atoms with Crippen LogP contribution in [0.1, 0.15) is 25.7 Å². The molecule has 0 unspecified atom stereocenters. The van der Waals surface area contributed by atoms with Gasteiger partial charge in [0, 0.05) is 37.0 Å². The van der Waals surface area contributed by atoms with Crippen molar-refractivity contribution < 1.29 is 9.18 Å². The molecule has 1 atom stereocenters. The van der Waals surface area contributed by atoms with Crippen LogP contribution in [0.4, 0.5) is 15.8 Å². The highest BCUT2D eigenvalue weighted by Crippen LogP contribution is 2.38. The minimum absolute atomic E-state index is 0.163. The summed E-state index contributed by atoms with van der Waals surface area (Å²) >= 11 is 0. The maximum absolute atomic E-state index is 15.8. The number of amides is 1. The van der Waals surface area contributed by atoms with E-state index in [0.717, 1.165) is 43.5 Å². The fraction of sp³-hybridized carbons (Fsp3) is 0.414. The largest absolute Gasteiger partial charge is 0.379 e. The number of piperidine rings is 4. The number of fused-ring (bicyclic) bond motifs is 5. The molecule has 6 heterocycles. The van der Waals surface area contributed by atoms with Crippen LogP contribution in [0.15, 0.2) is 41.2 Å². The zero-order valence-corrected chi connectivity index (χ0v) is 21.7. The van der Waals surface area contributed by atoms with E-state index in [1.54, 1.807) is 6.07 Å². The second-order valence-corrected chi connectivity index (χ2v) is 11.2. The number of aromatic nitrogens is 3. The Labute approximate surface area is 224 Å². The molecule has 202 valence electrons. The maximum Gasteiger partial charge on any atom is 0.261 e. The molecule has 2 aromatic carbocycles. The third kappa shape index (κ3) is 4.23. The molecule has 4 aliphatic heterocycles. The van der Waals surface area contributed by atoms with E-state index in [0.29, 0.717) is 65.5 Å². The summed E-state index contributed by atoms with van der Waals surface area (Å²) in [7, 11) is 0. The van der Waals surface area contributed by atoms with Crippen LogP contribution in [0.5, 0.6) is 0 Å². The second-order valence-electron chi connectivity index (χ2n) is 11.2. The van der Waals surface area contributed by atoms with Gasteiger partial charge in [-0.05, 0) is 69.0 Å². The van der Waals surface area contributed by atoms with Gasteiger partial charge in [-0.25, -0.2) is 9.37 Å². The number of nitrogens with zero attached hydrogens (tertiary/aromatic N) is 3. The quantitative estimate of drug-likeness (QED) is 0.314. The average molecular weight is 530 g/mol. The summed E-state index contributed by atoms with van der Waals surface area (Å²) in [4.78, 5) is 40.7. The number of hydrogen-bond acceptors (Lipinski definition) is 6. The molecule has 10 heteroatoms. The van der Waals surface area contributed by atoms with Crippen LogP contribution >= 0.6 is 0 Å². The minimum Gasteiger partial charge on any atom is -0.379 e. The number of rotatable bonds is 5. The molecule has 2 aromatic heterocycles. The first-order valence-electron chi connectivity index (χ1n) is 13.8. The molecule has 1 amide bonds. The molecule has 4 saturated heterocycles. The number of aromatic amines is 2. The monoisotopic (exact) mass is 529 g/mol. The predicted molar refractivity (Wildman–Crippen MR) is 150 cm³/mol. The van der Waals surface area contributed by atoms with Crippen LogP contribution < -0.4 is 21.5 Å². The van der Waals surface area contributed by atoms with Crippen molar-refractivity contribution >= 4 is 39.2 Å². The lowest BCUT2D eigenvalue weighted by molar-refractivity contribution is -0.122. The van der Waals surface area contributed by atoms with Gasteiger partial charge in [0.2, 0.25) is 5.91 Å². The highest BCUT2D eigenvalue weighted by atomic mass is 19.1. The van der Waals surface area contributed by atoms with Crippen molar-refractivity contribution in [3.63, 3.8) is 0 Å². The summed E-state index contributed by atoms with van der Waals surface area (Å²) in [5.41, 5.74) is 8.80. The lowest BCUT2D eigenvalue weighted by Crippen LogP contribution is -2.53. The molecule has 8 rings (SSSR count). The number of benzene rings is 2. The van der Waals surface area contributed by atoms with E-state index in [1.807, 2.05) is 29.2 Å². The van der Waals surface area contributed by atoms with Gasteiger partial charge in [-0.3, -0.25) is 9.59 Å². The Hall–Kier alpha value is -3.92. The lowest BCUT2D eigenvalue weighted by Gasteiger charge is -2.45. The molecular formula is C29H32FN7O2. The Kier molecular flexibility index (Phi) is 5.80. The molecule has 9 nitrogen and oxygen atoms in total. The molecular weight excluding hydrogens is 497 g/mol. The molecule has 5 N–H and O–H groups in total. The van der Waals surface area contributed by atoms with Crippen LogP contribution in [-0.4, -0.2) is 64.5 Å². The van der Waals surface area contributed by atoms with Crippen molar-refractivity contribution in [2.24, 2.45) is 17.6 Å². The summed E-state index contributed by atoms with van der Waals surface area (Å²) in [6.45, 7) is 4.15. The predicted octanol–water partition coefficient (Wildman–Crippen LogP) is 3.42. The molecule has 0 radical (unpaired) electrons. The number of carbonyl (C=O) groups excluding carboxylic acids is 1. The first-order chi connectivity index (χ1) is 18.9. The molecule has 0 saturated carbocycles. The van der Waals surface area contributed by atoms with E-state index in [9.17, 15) is 9.59 Å². The van der Waals surface area contributed by atoms with Gasteiger partial charge in [0.15, 0.2) is 0 Å². The highest BCUT2D eigenvalue weighted by molar-refractivity contribution is 6.00. The Morgan fingerprint density at radius 3 is 2.49 bits per heavy atom. The first-order valence-corrected chi connectivity index (χ1v) is 13.8. The first kappa shape index (κ1) is 24.1. The normalized spacial score (nSPS) is 23.5. The van der Waals surface area contributed by atoms with E-state index in [2.05, 4.69) is 20.2 Å². The second kappa shape index (κ2) is 9.37. The molecule has 4 aliphatic rings. The number of para-hydroxylation sites is 2. The molecule has 0 aliphatic carbocycles. The summed E-state index contributed by atoms with van der Waals surface area (Å²) in [6.07, 6.45) is 3.39. The van der Waals surface area contributed by atoms with Crippen LogP contribution in [-0.2, 0) is 4.79 Å². The maximum atomic E-state index is 15.8. The van der Waals surface area contributed by atoms with E-state index in [-0.39, 0.29) is 29.2 Å². The number of imidazole rings is 1. The van der Waals surface area contributed by atoms with Gasteiger partial charge >= 0.3 is 0 Å². The Balaban J connectivity index is 1.35. The van der Waals surface area contributed by atoms with Crippen LogP contribution in [0, 0.1) is 17.7 Å². The van der Waals surface area contributed by atoms with E-state index in [4.69, 9.17) is 10.7 Å². The van der Waals surface area contributed by atoms with Gasteiger partial charge in [-0.15, -0.1) is 0 Å². The molecule has 39 heavy (non-hydrogen) atoms. The number of nitrogens with two attached hydrogens (primary N) is 1. The fourth-order valence-electron chi connectivity index (χ4n) is 6.71. The summed E-state index contributed by atoms with van der Waals surface area (Å²) in [5.74, 6) is 0.108. The average Bonchev–Trinajstić information content (AvgIpc) is 3.37. The van der Waals surface area contributed by atoms with E-state index < -0.39 is 0 Å². The smallest absolute Gasteiger partial charge is 0.261 e. The van der Waals surface area contributed by atoms with Crippen molar-refractivity contribution in [1.82, 2.24) is 19.9 Å². The zero-order chi connectivity index (χ0) is 26.7. The van der Waals surface area contributed by atoms with Crippen LogP contribution in [0.3, 0.4) is 0 Å². The fourth-order valence-corrected chi connectivity index (χ4v) is 6.71. The topological polar surface area (TPSA) is 123 Å². The summed E-state index contributed by atoms with van der Waals surface area (Å²) in [6, 6.07) is 11.1. The SMILES string of the molecule is NC(=O)C1CCN(c2cc3[nH]c(=O)c(-c4nc5ccccc5[nH]4)c(N[C@@H]4CN5CCC4CC5)c3cc2F)CC1. The molecule has 4 fully saturated rings. The number of carbonyl (C=O) groups is 1. The number of nitrogens with one attached hydrogen (secondary N) is 3. The third-order valence-corrected chi connectivity index (χ3v) is 8.93. The van der Waals surface area contributed by atoms with Gasteiger partial charge in [-0.2, -0.15) is 0 Å². The van der Waals surface area contributed by atoms with E-state index >= 15 is 4.39 Å². The van der Waals surface area contributed by atoms with Gasteiger partial charge in [-0.1, -0.05) is 12.1 Å². The van der Waals surface area contributed by atoms with Crippen LogP contribution in [0.25, 0.3) is 33.3 Å². The molecule has 0 spiro atoms. The number of halogens is 1. The Bertz CT molecular complexity index is 1600. The molecule has 2 bridgehead atoms. The number of H-pyrrole nitrogens is 2. The summed E-state index contributed by atoms with van der Waals surface area (Å²) < 4.78 is 15.8. The Morgan fingerprint density at radius 2 is 1.79 bits per heavy atom. The van der Waals surface area contributed by atoms with Gasteiger partial charge < -0.3 is 30.8 Å². The molecule has 4 aromatic rings. The summed E-state index contributed by atoms with van der Waals surface area (Å²) in [5, 5.41) is 4.32. The standard InChI is InChI=1S/C29H32FN7O2/c30-19-13-18-22(14-24(19)37-11-7-17(8-12-37)27(31)38)35-29(39)25(28-33-20-3-1-2-4-21(20)34-28)26(18)32-23-15-36-9-5-16(23)6-10-36/h1-4,13-14,16-17,23H,5-12,15H2,(H2,31,38)(H,33,34)(H2,32,35,39)/t23-/m1/s1. The number of anilines is 2. The highest BCUT2D eigenvalue weighted by Gasteiger charge is 2.35. The number of primary amides is 1. The van der Waals surface area contributed by atoms with E-state index in [1.165, 1.54) is 6.07 Å². The van der Waals surface area contributed by atoms with Crippen molar-refractivity contribution in [1.29, 1.82) is 0 Å². The van der Waals surface area contributed by atoms with Crippen molar-refractivity contribution in [3.8, 4) is 11.4 Å². The minimum atomic E-state index is -0.361. The van der Waals surface area contributed by atoms with Gasteiger partial charge in [0.1, 0.15) is 17.2 Å². The third-order valence-electron chi connectivity index (χ3n) is 8.93.